The van der Waals surface area contributed by atoms with Crippen LogP contribution in [0.4, 0.5) is 0 Å². The van der Waals surface area contributed by atoms with Crippen LogP contribution < -0.4 is 16.0 Å². The summed E-state index contributed by atoms with van der Waals surface area (Å²) in [4.78, 5) is 45.0. The summed E-state index contributed by atoms with van der Waals surface area (Å²) in [6, 6.07) is -2.07. The third kappa shape index (κ3) is 7.58. The van der Waals surface area contributed by atoms with Gasteiger partial charge in [0.05, 0.1) is 6.61 Å². The number of amides is 3. The summed E-state index contributed by atoms with van der Waals surface area (Å²) in [5, 5.41) is 24.9. The van der Waals surface area contributed by atoms with Crippen LogP contribution in [0.1, 0.15) is 27.2 Å². The number of carboxylic acid groups (broad SMARTS) is 1. The predicted octanol–water partition coefficient (Wildman–Crippen LogP) is -1.78. The van der Waals surface area contributed by atoms with E-state index in [9.17, 15) is 19.2 Å². The molecular weight excluding hydrogens is 294 g/mol. The molecule has 0 aromatic rings. The Hall–Kier alpha value is -2.16. The number of rotatable bonds is 9. The van der Waals surface area contributed by atoms with E-state index < -0.39 is 42.4 Å². The molecule has 0 spiro atoms. The van der Waals surface area contributed by atoms with Crippen LogP contribution in [0.3, 0.4) is 0 Å². The molecule has 126 valence electrons. The van der Waals surface area contributed by atoms with Gasteiger partial charge in [-0.25, -0.2) is 4.79 Å². The number of carboxylic acids is 1. The van der Waals surface area contributed by atoms with Gasteiger partial charge in [0.2, 0.25) is 17.7 Å². The number of aliphatic hydroxyl groups excluding tert-OH is 1. The minimum absolute atomic E-state index is 0.0365. The first-order chi connectivity index (χ1) is 10.2. The molecule has 0 heterocycles. The highest BCUT2D eigenvalue weighted by Gasteiger charge is 2.23. The first-order valence-corrected chi connectivity index (χ1v) is 6.86. The molecule has 0 aliphatic heterocycles. The summed E-state index contributed by atoms with van der Waals surface area (Å²) in [6.07, 6.45) is -0.111. The predicted molar refractivity (Wildman–Crippen MR) is 76.7 cm³/mol. The molecule has 0 fully saturated rings. The van der Waals surface area contributed by atoms with E-state index in [0.717, 1.165) is 0 Å². The summed E-state index contributed by atoms with van der Waals surface area (Å²) in [5.74, 6) is -2.99. The van der Waals surface area contributed by atoms with Gasteiger partial charge in [-0.1, -0.05) is 13.8 Å². The zero-order valence-electron chi connectivity index (χ0n) is 12.9. The van der Waals surface area contributed by atoms with Crippen molar-refractivity contribution in [1.82, 2.24) is 16.0 Å². The van der Waals surface area contributed by atoms with Gasteiger partial charge in [0.15, 0.2) is 0 Å². The van der Waals surface area contributed by atoms with Gasteiger partial charge >= 0.3 is 5.97 Å². The van der Waals surface area contributed by atoms with Gasteiger partial charge < -0.3 is 26.2 Å². The van der Waals surface area contributed by atoms with E-state index in [4.69, 9.17) is 10.2 Å². The van der Waals surface area contributed by atoms with Gasteiger partial charge in [0.25, 0.3) is 0 Å². The minimum Gasteiger partial charge on any atom is -0.480 e. The van der Waals surface area contributed by atoms with Crippen LogP contribution in [0.15, 0.2) is 0 Å². The van der Waals surface area contributed by atoms with Gasteiger partial charge in [-0.15, -0.1) is 0 Å². The van der Waals surface area contributed by atoms with Crippen molar-refractivity contribution in [2.75, 3.05) is 13.2 Å². The minimum atomic E-state index is -1.13. The molecule has 3 amide bonds. The second kappa shape index (κ2) is 9.72. The highest BCUT2D eigenvalue weighted by atomic mass is 16.4. The Labute approximate surface area is 128 Å². The lowest BCUT2D eigenvalue weighted by atomic mass is 10.0. The van der Waals surface area contributed by atoms with Crippen molar-refractivity contribution < 1.29 is 29.4 Å². The molecule has 0 radical (unpaired) electrons. The zero-order valence-corrected chi connectivity index (χ0v) is 12.9. The number of nitrogens with one attached hydrogen (secondary N) is 3. The Kier molecular flexibility index (Phi) is 8.76. The average molecular weight is 317 g/mol. The maximum Gasteiger partial charge on any atom is 0.326 e. The number of hydrogen-bond donors (Lipinski definition) is 5. The van der Waals surface area contributed by atoms with Crippen LogP contribution >= 0.6 is 0 Å². The molecule has 2 atom stereocenters. The van der Waals surface area contributed by atoms with E-state index in [1.165, 1.54) is 6.92 Å². The van der Waals surface area contributed by atoms with E-state index >= 15 is 0 Å². The van der Waals surface area contributed by atoms with Gasteiger partial charge in [-0.2, -0.15) is 0 Å². The van der Waals surface area contributed by atoms with Crippen molar-refractivity contribution in [2.24, 2.45) is 5.92 Å². The van der Waals surface area contributed by atoms with Crippen LogP contribution in [0.25, 0.3) is 0 Å². The van der Waals surface area contributed by atoms with Crippen molar-refractivity contribution >= 4 is 23.7 Å². The second-order valence-electron chi connectivity index (χ2n) is 5.10. The Morgan fingerprint density at radius 2 is 1.68 bits per heavy atom. The monoisotopic (exact) mass is 317 g/mol. The molecule has 0 unspecified atom stereocenters. The molecule has 22 heavy (non-hydrogen) atoms. The maximum absolute atomic E-state index is 11.6. The largest absolute Gasteiger partial charge is 0.480 e. The summed E-state index contributed by atoms with van der Waals surface area (Å²) in [5.41, 5.74) is 0. The molecule has 0 saturated carbocycles. The summed E-state index contributed by atoms with van der Waals surface area (Å²) in [6.45, 7) is 3.94. The van der Waals surface area contributed by atoms with Crippen molar-refractivity contribution in [3.8, 4) is 0 Å². The molecule has 0 saturated heterocycles. The van der Waals surface area contributed by atoms with Crippen molar-refractivity contribution in [3.05, 3.63) is 0 Å². The SMILES string of the molecule is CC(=O)N[C@@H](CO)C(=O)NCCC(=O)N[C@H](C(=O)O)C(C)C. The molecular formula is C13H23N3O6. The second-order valence-corrected chi connectivity index (χ2v) is 5.10. The number of aliphatic hydroxyl groups is 1. The quantitative estimate of drug-likeness (QED) is 0.340. The fourth-order valence-electron chi connectivity index (χ4n) is 1.62. The average Bonchev–Trinajstić information content (AvgIpc) is 2.40. The number of hydrogen-bond acceptors (Lipinski definition) is 5. The highest BCUT2D eigenvalue weighted by molar-refractivity contribution is 5.87. The normalized spacial score (nSPS) is 13.1. The fraction of sp³-hybridized carbons (Fsp3) is 0.692. The lowest BCUT2D eigenvalue weighted by Crippen LogP contribution is -2.49. The molecule has 9 heteroatoms. The zero-order chi connectivity index (χ0) is 17.3. The lowest BCUT2D eigenvalue weighted by molar-refractivity contribution is -0.143. The van der Waals surface area contributed by atoms with E-state index in [1.807, 2.05) is 0 Å². The van der Waals surface area contributed by atoms with Crippen molar-refractivity contribution in [3.63, 3.8) is 0 Å². The van der Waals surface area contributed by atoms with Gasteiger partial charge in [-0.05, 0) is 5.92 Å². The Bertz CT molecular complexity index is 424. The van der Waals surface area contributed by atoms with Crippen LogP contribution in [-0.4, -0.2) is 59.1 Å². The van der Waals surface area contributed by atoms with Gasteiger partial charge in [0.1, 0.15) is 12.1 Å². The van der Waals surface area contributed by atoms with E-state index in [2.05, 4.69) is 16.0 Å². The lowest BCUT2D eigenvalue weighted by Gasteiger charge is -2.18. The standard InChI is InChI=1S/C13H23N3O6/c1-7(2)11(13(21)22)16-10(19)4-5-14-12(20)9(6-17)15-8(3)18/h7,9,11,17H,4-6H2,1-3H3,(H,14,20)(H,15,18)(H,16,19)(H,21,22)/t9-,11-/m0/s1. The van der Waals surface area contributed by atoms with Crippen LogP contribution in [-0.2, 0) is 19.2 Å². The highest BCUT2D eigenvalue weighted by Crippen LogP contribution is 2.01. The molecule has 0 aromatic heterocycles. The smallest absolute Gasteiger partial charge is 0.326 e. The molecule has 0 aliphatic carbocycles. The van der Waals surface area contributed by atoms with Crippen molar-refractivity contribution in [2.45, 2.75) is 39.3 Å². The fourth-order valence-corrected chi connectivity index (χ4v) is 1.62. The number of carbonyl (C=O) groups excluding carboxylic acids is 3. The van der Waals surface area contributed by atoms with Gasteiger partial charge in [0, 0.05) is 19.9 Å². The molecule has 0 aromatic carbocycles. The molecule has 0 rings (SSSR count). The third-order valence-electron chi connectivity index (χ3n) is 2.78. The molecule has 9 nitrogen and oxygen atoms in total. The Balaban J connectivity index is 4.23. The Morgan fingerprint density at radius 3 is 2.09 bits per heavy atom. The Morgan fingerprint density at radius 1 is 1.09 bits per heavy atom. The summed E-state index contributed by atoms with van der Waals surface area (Å²) >= 11 is 0. The van der Waals surface area contributed by atoms with E-state index in [-0.39, 0.29) is 18.9 Å². The first-order valence-electron chi connectivity index (χ1n) is 6.86. The molecule has 5 N–H and O–H groups in total. The summed E-state index contributed by atoms with van der Waals surface area (Å²) < 4.78 is 0. The maximum atomic E-state index is 11.6. The van der Waals surface area contributed by atoms with E-state index in [0.29, 0.717) is 0 Å². The van der Waals surface area contributed by atoms with Crippen molar-refractivity contribution in [1.29, 1.82) is 0 Å². The van der Waals surface area contributed by atoms with Crippen LogP contribution in [0.2, 0.25) is 0 Å². The number of carbonyl (C=O) groups is 4. The van der Waals surface area contributed by atoms with Gasteiger partial charge in [-0.3, -0.25) is 14.4 Å². The van der Waals surface area contributed by atoms with E-state index in [1.54, 1.807) is 13.8 Å². The number of aliphatic carboxylic acids is 1. The molecule has 0 bridgehead atoms. The molecule has 0 aliphatic rings. The summed E-state index contributed by atoms with van der Waals surface area (Å²) in [7, 11) is 0. The first kappa shape index (κ1) is 19.8. The third-order valence-corrected chi connectivity index (χ3v) is 2.78. The topological polar surface area (TPSA) is 145 Å². The van der Waals surface area contributed by atoms with Crippen LogP contribution in [0.5, 0.6) is 0 Å². The van der Waals surface area contributed by atoms with Crippen LogP contribution in [0, 0.1) is 5.92 Å².